The smallest absolute Gasteiger partial charge is 0.434 e. The largest absolute Gasteiger partial charge is 0.480 e. The van der Waals surface area contributed by atoms with Crippen LogP contribution >= 0.6 is 0 Å². The van der Waals surface area contributed by atoms with Crippen molar-refractivity contribution in [2.24, 2.45) is 0 Å². The van der Waals surface area contributed by atoms with E-state index < -0.39 is 11.9 Å². The molecule has 4 aromatic heterocycles. The molecule has 0 spiro atoms. The van der Waals surface area contributed by atoms with Gasteiger partial charge in [0.2, 0.25) is 5.88 Å². The van der Waals surface area contributed by atoms with Crippen LogP contribution in [0, 0.1) is 0 Å². The third kappa shape index (κ3) is 4.49. The van der Waals surface area contributed by atoms with Crippen LogP contribution in [0.1, 0.15) is 55.6 Å². The molecule has 1 saturated carbocycles. The van der Waals surface area contributed by atoms with E-state index in [0.29, 0.717) is 40.9 Å². The van der Waals surface area contributed by atoms with Gasteiger partial charge in [-0.2, -0.15) is 18.3 Å². The fourth-order valence-electron chi connectivity index (χ4n) is 4.73. The molecule has 1 atom stereocenters. The number of hydrogen-bond acceptors (Lipinski definition) is 7. The van der Waals surface area contributed by atoms with Gasteiger partial charge >= 0.3 is 6.18 Å². The van der Waals surface area contributed by atoms with Gasteiger partial charge in [0.05, 0.1) is 30.4 Å². The Kier molecular flexibility index (Phi) is 6.04. The zero-order valence-electron chi connectivity index (χ0n) is 21.5. The number of rotatable bonds is 7. The van der Waals surface area contributed by atoms with Crippen LogP contribution in [0.25, 0.3) is 33.8 Å². The highest BCUT2D eigenvalue weighted by atomic mass is 19.4. The molecule has 1 fully saturated rings. The molecular weight excluding hydrogens is 509 g/mol. The first-order valence-electron chi connectivity index (χ1n) is 12.6. The van der Waals surface area contributed by atoms with Crippen molar-refractivity contribution in [2.45, 2.75) is 51.4 Å². The van der Waals surface area contributed by atoms with Crippen LogP contribution < -0.4 is 4.74 Å². The predicted molar refractivity (Wildman–Crippen MR) is 137 cm³/mol. The van der Waals surface area contributed by atoms with Crippen molar-refractivity contribution < 1.29 is 17.9 Å². The van der Waals surface area contributed by atoms with Gasteiger partial charge in [-0.15, -0.1) is 0 Å². The number of hydrogen-bond donors (Lipinski definition) is 0. The topological polar surface area (TPSA) is 96.4 Å². The van der Waals surface area contributed by atoms with E-state index in [9.17, 15) is 13.2 Å². The molecule has 39 heavy (non-hydrogen) atoms. The lowest BCUT2D eigenvalue weighted by Crippen LogP contribution is -2.10. The molecule has 1 aromatic carbocycles. The van der Waals surface area contributed by atoms with Crippen LogP contribution in [-0.4, -0.2) is 46.4 Å². The minimum absolute atomic E-state index is 0.215. The summed E-state index contributed by atoms with van der Waals surface area (Å²) in [5.41, 5.74) is 2.82. The van der Waals surface area contributed by atoms with Gasteiger partial charge in [0.15, 0.2) is 17.2 Å². The van der Waals surface area contributed by atoms with E-state index in [-0.39, 0.29) is 11.9 Å². The van der Waals surface area contributed by atoms with Crippen molar-refractivity contribution in [1.29, 1.82) is 0 Å². The average molecular weight is 535 g/mol. The van der Waals surface area contributed by atoms with Gasteiger partial charge in [-0.1, -0.05) is 24.3 Å². The van der Waals surface area contributed by atoms with Gasteiger partial charge in [0.25, 0.3) is 0 Å². The second-order valence-corrected chi connectivity index (χ2v) is 9.51. The summed E-state index contributed by atoms with van der Waals surface area (Å²) in [5.74, 6) is 1.52. The number of alkyl halides is 3. The van der Waals surface area contributed by atoms with E-state index in [4.69, 9.17) is 9.72 Å². The summed E-state index contributed by atoms with van der Waals surface area (Å²) in [6.07, 6.45) is 3.58. The Morgan fingerprint density at radius 1 is 1.05 bits per heavy atom. The van der Waals surface area contributed by atoms with Crippen LogP contribution in [0.5, 0.6) is 5.88 Å². The van der Waals surface area contributed by atoms with Crippen molar-refractivity contribution >= 4 is 11.0 Å². The molecule has 9 nitrogen and oxygen atoms in total. The maximum Gasteiger partial charge on any atom is 0.434 e. The molecule has 0 amide bonds. The second kappa shape index (κ2) is 9.44. The van der Waals surface area contributed by atoms with E-state index in [2.05, 4.69) is 25.0 Å². The molecule has 0 aliphatic heterocycles. The van der Waals surface area contributed by atoms with E-state index in [1.165, 1.54) is 10.9 Å². The number of ether oxygens (including phenoxy) is 1. The molecule has 0 bridgehead atoms. The minimum Gasteiger partial charge on any atom is -0.480 e. The summed E-state index contributed by atoms with van der Waals surface area (Å²) in [6, 6.07) is 7.09. The molecule has 5 aromatic rings. The maximum absolute atomic E-state index is 13.2. The normalized spacial score (nSPS) is 14.6. The molecule has 0 saturated heterocycles. The van der Waals surface area contributed by atoms with Crippen LogP contribution in [0.4, 0.5) is 13.2 Å². The fourth-order valence-corrected chi connectivity index (χ4v) is 4.73. The van der Waals surface area contributed by atoms with E-state index in [0.717, 1.165) is 35.7 Å². The Morgan fingerprint density at radius 2 is 1.82 bits per heavy atom. The van der Waals surface area contributed by atoms with E-state index in [1.54, 1.807) is 43.2 Å². The summed E-state index contributed by atoms with van der Waals surface area (Å²) < 4.78 is 48.5. The molecule has 200 valence electrons. The molecule has 0 radical (unpaired) electrons. The Bertz CT molecular complexity index is 1650. The zero-order chi connectivity index (χ0) is 27.3. The Balaban J connectivity index is 1.35. The summed E-state index contributed by atoms with van der Waals surface area (Å²) in [6.45, 7) is 4.14. The number of halogens is 3. The third-order valence-electron chi connectivity index (χ3n) is 6.98. The SMILES string of the molecule is CCn1cc(C(F)(F)F)nc1-c1ccc([C@@H](C)n2ncc3cnc(-c4c(OC)ncnc4C4CC4)nc32)cc1. The predicted octanol–water partition coefficient (Wildman–Crippen LogP) is 5.68. The molecule has 0 unspecified atom stereocenters. The number of fused-ring (bicyclic) bond motifs is 1. The lowest BCUT2D eigenvalue weighted by atomic mass is 10.1. The van der Waals surface area contributed by atoms with Gasteiger partial charge in [0, 0.05) is 30.4 Å². The quantitative estimate of drug-likeness (QED) is 0.265. The Labute approximate surface area is 221 Å². The molecule has 1 aliphatic carbocycles. The number of benzene rings is 1. The van der Waals surface area contributed by atoms with Gasteiger partial charge in [0.1, 0.15) is 17.7 Å². The first-order valence-corrected chi connectivity index (χ1v) is 12.6. The molecule has 12 heteroatoms. The average Bonchev–Trinajstić information content (AvgIpc) is 3.55. The standard InChI is InChI=1S/C27H25F3N8O/c1-4-37-13-20(27(28,29)30)35-24(37)18-9-5-16(6-10-18)15(2)38-25-19(12-34-38)11-31-23(36-25)21-22(17-7-8-17)32-14-33-26(21)39-3/h5-6,9-15,17H,4,7-8H2,1-3H3/t15-/m1/s1. The lowest BCUT2D eigenvalue weighted by molar-refractivity contribution is -0.140. The minimum atomic E-state index is -4.50. The number of methoxy groups -OCH3 is 1. The van der Waals surface area contributed by atoms with E-state index >= 15 is 0 Å². The zero-order valence-corrected chi connectivity index (χ0v) is 21.5. The molecule has 0 N–H and O–H groups in total. The highest BCUT2D eigenvalue weighted by Crippen LogP contribution is 2.45. The molecule has 6 rings (SSSR count). The lowest BCUT2D eigenvalue weighted by Gasteiger charge is -2.15. The Hall–Kier alpha value is -4.35. The monoisotopic (exact) mass is 534 g/mol. The van der Waals surface area contributed by atoms with Crippen molar-refractivity contribution in [3.63, 3.8) is 0 Å². The molecule has 4 heterocycles. The van der Waals surface area contributed by atoms with Gasteiger partial charge in [-0.3, -0.25) is 0 Å². The third-order valence-corrected chi connectivity index (χ3v) is 6.98. The van der Waals surface area contributed by atoms with Crippen molar-refractivity contribution in [1.82, 2.24) is 39.3 Å². The van der Waals surface area contributed by atoms with Crippen LogP contribution in [0.15, 0.2) is 49.2 Å². The second-order valence-electron chi connectivity index (χ2n) is 9.51. The molecular formula is C27H25F3N8O. The fraction of sp³-hybridized carbons (Fsp3) is 0.333. The van der Waals surface area contributed by atoms with Crippen molar-refractivity contribution in [2.75, 3.05) is 7.11 Å². The first kappa shape index (κ1) is 25.0. The maximum atomic E-state index is 13.2. The summed E-state index contributed by atoms with van der Waals surface area (Å²) in [7, 11) is 1.56. The summed E-state index contributed by atoms with van der Waals surface area (Å²) in [4.78, 5) is 22.0. The number of aryl methyl sites for hydroxylation is 1. The highest BCUT2D eigenvalue weighted by Gasteiger charge is 2.35. The first-order chi connectivity index (χ1) is 18.8. The highest BCUT2D eigenvalue weighted by molar-refractivity contribution is 5.77. The van der Waals surface area contributed by atoms with Crippen LogP contribution in [-0.2, 0) is 12.7 Å². The molecule has 1 aliphatic rings. The number of nitrogens with zero attached hydrogens (tertiary/aromatic N) is 8. The Morgan fingerprint density at radius 3 is 2.49 bits per heavy atom. The van der Waals surface area contributed by atoms with Crippen LogP contribution in [0.2, 0.25) is 0 Å². The van der Waals surface area contributed by atoms with Crippen LogP contribution in [0.3, 0.4) is 0 Å². The van der Waals surface area contributed by atoms with Gasteiger partial charge < -0.3 is 9.30 Å². The van der Waals surface area contributed by atoms with Crippen molar-refractivity contribution in [3.8, 4) is 28.7 Å². The number of aromatic nitrogens is 8. The van der Waals surface area contributed by atoms with E-state index in [1.807, 2.05) is 19.1 Å². The van der Waals surface area contributed by atoms with Gasteiger partial charge in [-0.25, -0.2) is 29.6 Å². The number of imidazole rings is 1. The van der Waals surface area contributed by atoms with Crippen molar-refractivity contribution in [3.05, 3.63) is 66.1 Å². The summed E-state index contributed by atoms with van der Waals surface area (Å²) >= 11 is 0. The van der Waals surface area contributed by atoms with Gasteiger partial charge in [-0.05, 0) is 32.3 Å². The summed E-state index contributed by atoms with van der Waals surface area (Å²) in [5, 5.41) is 5.34.